The zero-order valence-corrected chi connectivity index (χ0v) is 15.5. The lowest BCUT2D eigenvalue weighted by Crippen LogP contribution is -2.51. The Balaban J connectivity index is 1.69. The molecule has 6 heteroatoms. The van der Waals surface area contributed by atoms with Gasteiger partial charge >= 0.3 is 0 Å². The lowest BCUT2D eigenvalue weighted by atomic mass is 10.1. The first-order valence-electron chi connectivity index (χ1n) is 8.43. The molecule has 2 aromatic rings. The minimum atomic E-state index is -0.746. The van der Waals surface area contributed by atoms with Gasteiger partial charge in [0.25, 0.3) is 5.91 Å². The summed E-state index contributed by atoms with van der Waals surface area (Å²) in [6.07, 6.45) is 0. The fraction of sp³-hybridized carbons (Fsp3) is 0.300. The van der Waals surface area contributed by atoms with Crippen LogP contribution in [0.2, 0.25) is 5.02 Å². The average Bonchev–Trinajstić information content (AvgIpc) is 2.57. The van der Waals surface area contributed by atoms with Crippen molar-refractivity contribution >= 4 is 23.4 Å². The Labute approximate surface area is 157 Å². The fourth-order valence-electron chi connectivity index (χ4n) is 3.27. The zero-order chi connectivity index (χ0) is 18.8. The molecule has 1 heterocycles. The van der Waals surface area contributed by atoms with Crippen molar-refractivity contribution in [2.75, 3.05) is 19.6 Å². The van der Waals surface area contributed by atoms with Gasteiger partial charge in [0.05, 0.1) is 10.6 Å². The minimum absolute atomic E-state index is 0.0599. The Bertz CT molecular complexity index is 849. The summed E-state index contributed by atoms with van der Waals surface area (Å²) in [6.45, 7) is 5.27. The van der Waals surface area contributed by atoms with Crippen LogP contribution in [0.3, 0.4) is 0 Å². The first kappa shape index (κ1) is 18.4. The number of amides is 2. The van der Waals surface area contributed by atoms with Crippen LogP contribution in [0.1, 0.15) is 27.0 Å². The highest BCUT2D eigenvalue weighted by atomic mass is 35.5. The molecule has 0 atom stereocenters. The number of hydrogen-bond donors (Lipinski definition) is 0. The van der Waals surface area contributed by atoms with Gasteiger partial charge in [-0.3, -0.25) is 9.59 Å². The number of nitrogens with zero attached hydrogens (tertiary/aromatic N) is 2. The van der Waals surface area contributed by atoms with Gasteiger partial charge in [0.15, 0.2) is 5.82 Å². The van der Waals surface area contributed by atoms with Crippen molar-refractivity contribution in [2.45, 2.75) is 20.4 Å². The molecular formula is C20H20ClFN2O2. The summed E-state index contributed by atoms with van der Waals surface area (Å²) in [5.41, 5.74) is 3.26. The summed E-state index contributed by atoms with van der Waals surface area (Å²) >= 11 is 5.74. The molecule has 0 aromatic heterocycles. The number of benzene rings is 2. The molecule has 1 saturated heterocycles. The number of hydrogen-bond acceptors (Lipinski definition) is 2. The van der Waals surface area contributed by atoms with E-state index in [-0.39, 0.29) is 23.0 Å². The van der Waals surface area contributed by atoms with E-state index in [0.29, 0.717) is 19.6 Å². The third-order valence-electron chi connectivity index (χ3n) is 4.44. The quantitative estimate of drug-likeness (QED) is 0.823. The number of piperazine rings is 1. The maximum Gasteiger partial charge on any atom is 0.257 e. The molecule has 0 radical (unpaired) electrons. The predicted molar refractivity (Wildman–Crippen MR) is 98.6 cm³/mol. The maximum absolute atomic E-state index is 14.1. The summed E-state index contributed by atoms with van der Waals surface area (Å²) in [5, 5.41) is -0.101. The molecule has 26 heavy (non-hydrogen) atoms. The summed E-state index contributed by atoms with van der Waals surface area (Å²) in [5.74, 6) is -1.40. The largest absolute Gasteiger partial charge is 0.335 e. The highest BCUT2D eigenvalue weighted by molar-refractivity contribution is 6.31. The van der Waals surface area contributed by atoms with Gasteiger partial charge in [-0.2, -0.15) is 0 Å². The van der Waals surface area contributed by atoms with E-state index in [1.165, 1.54) is 23.1 Å². The zero-order valence-electron chi connectivity index (χ0n) is 14.8. The minimum Gasteiger partial charge on any atom is -0.335 e. The topological polar surface area (TPSA) is 40.6 Å². The second-order valence-corrected chi connectivity index (χ2v) is 7.05. The van der Waals surface area contributed by atoms with E-state index in [1.54, 1.807) is 4.90 Å². The van der Waals surface area contributed by atoms with Crippen molar-refractivity contribution in [2.24, 2.45) is 0 Å². The molecule has 0 spiro atoms. The Morgan fingerprint density at radius 3 is 2.50 bits per heavy atom. The van der Waals surface area contributed by atoms with Crippen LogP contribution >= 0.6 is 11.6 Å². The van der Waals surface area contributed by atoms with E-state index in [0.717, 1.165) is 16.7 Å². The first-order valence-corrected chi connectivity index (χ1v) is 8.81. The van der Waals surface area contributed by atoms with Crippen molar-refractivity contribution in [3.63, 3.8) is 0 Å². The van der Waals surface area contributed by atoms with Gasteiger partial charge in [-0.05, 0) is 31.5 Å². The number of carbonyl (C=O) groups excluding carboxylic acids is 2. The normalized spacial score (nSPS) is 14.7. The van der Waals surface area contributed by atoms with E-state index in [2.05, 4.69) is 18.2 Å². The van der Waals surface area contributed by atoms with E-state index in [4.69, 9.17) is 11.6 Å². The third kappa shape index (κ3) is 3.88. The van der Waals surface area contributed by atoms with Gasteiger partial charge in [0.2, 0.25) is 5.91 Å². The van der Waals surface area contributed by atoms with Crippen molar-refractivity contribution in [1.82, 2.24) is 9.80 Å². The molecule has 3 rings (SSSR count). The van der Waals surface area contributed by atoms with Crippen LogP contribution in [0.5, 0.6) is 0 Å². The fourth-order valence-corrected chi connectivity index (χ4v) is 3.44. The SMILES string of the molecule is Cc1cc(C)cc(CN2CCN(C(=O)c3cccc(Cl)c3F)CC2=O)c1. The van der Waals surface area contributed by atoms with Crippen molar-refractivity contribution in [3.05, 3.63) is 69.5 Å². The molecule has 1 aliphatic heterocycles. The molecule has 136 valence electrons. The summed E-state index contributed by atoms with van der Waals surface area (Å²) < 4.78 is 14.1. The second-order valence-electron chi connectivity index (χ2n) is 6.64. The van der Waals surface area contributed by atoms with Crippen molar-refractivity contribution < 1.29 is 14.0 Å². The third-order valence-corrected chi connectivity index (χ3v) is 4.73. The maximum atomic E-state index is 14.1. The van der Waals surface area contributed by atoms with E-state index in [9.17, 15) is 14.0 Å². The molecule has 4 nitrogen and oxygen atoms in total. The summed E-state index contributed by atoms with van der Waals surface area (Å²) in [4.78, 5) is 28.1. The van der Waals surface area contributed by atoms with E-state index < -0.39 is 11.7 Å². The molecule has 2 amide bonds. The lowest BCUT2D eigenvalue weighted by molar-refractivity contribution is -0.135. The first-order chi connectivity index (χ1) is 12.3. The standard InChI is InChI=1S/C20H20ClFN2O2/c1-13-8-14(2)10-15(9-13)11-23-6-7-24(12-18(23)25)20(26)16-4-3-5-17(21)19(16)22/h3-5,8-10H,6-7,11-12H2,1-2H3. The molecule has 2 aromatic carbocycles. The number of halogens is 2. The molecule has 1 aliphatic rings. The van der Waals surface area contributed by atoms with Gasteiger partial charge in [0, 0.05) is 19.6 Å². The predicted octanol–water partition coefficient (Wildman–Crippen LogP) is 3.58. The molecule has 0 bridgehead atoms. The highest BCUT2D eigenvalue weighted by Crippen LogP contribution is 2.20. The summed E-state index contributed by atoms with van der Waals surface area (Å²) in [6, 6.07) is 10.5. The number of rotatable bonds is 3. The Morgan fingerprint density at radius 2 is 1.85 bits per heavy atom. The van der Waals surface area contributed by atoms with Crippen LogP contribution in [0.4, 0.5) is 4.39 Å². The monoisotopic (exact) mass is 374 g/mol. The molecule has 0 saturated carbocycles. The van der Waals surface area contributed by atoms with Crippen LogP contribution < -0.4 is 0 Å². The Morgan fingerprint density at radius 1 is 1.15 bits per heavy atom. The molecular weight excluding hydrogens is 355 g/mol. The molecule has 0 N–H and O–H groups in total. The van der Waals surface area contributed by atoms with Crippen molar-refractivity contribution in [1.29, 1.82) is 0 Å². The van der Waals surface area contributed by atoms with Crippen molar-refractivity contribution in [3.8, 4) is 0 Å². The molecule has 0 unspecified atom stereocenters. The van der Waals surface area contributed by atoms with Gasteiger partial charge in [-0.1, -0.05) is 47.0 Å². The van der Waals surface area contributed by atoms with Crippen LogP contribution in [-0.4, -0.2) is 41.2 Å². The van der Waals surface area contributed by atoms with Crippen LogP contribution in [0.15, 0.2) is 36.4 Å². The number of carbonyl (C=O) groups is 2. The van der Waals surface area contributed by atoms with E-state index in [1.807, 2.05) is 13.8 Å². The van der Waals surface area contributed by atoms with Gasteiger partial charge in [-0.15, -0.1) is 0 Å². The van der Waals surface area contributed by atoms with Gasteiger partial charge in [0.1, 0.15) is 6.54 Å². The Kier molecular flexibility index (Phi) is 5.28. The van der Waals surface area contributed by atoms with E-state index >= 15 is 0 Å². The highest BCUT2D eigenvalue weighted by Gasteiger charge is 2.29. The van der Waals surface area contributed by atoms with Crippen LogP contribution in [0, 0.1) is 19.7 Å². The van der Waals surface area contributed by atoms with Crippen LogP contribution in [0.25, 0.3) is 0 Å². The number of aryl methyl sites for hydroxylation is 2. The summed E-state index contributed by atoms with van der Waals surface area (Å²) in [7, 11) is 0. The van der Waals surface area contributed by atoms with Gasteiger partial charge < -0.3 is 9.80 Å². The van der Waals surface area contributed by atoms with Crippen LogP contribution in [-0.2, 0) is 11.3 Å². The average molecular weight is 375 g/mol. The van der Waals surface area contributed by atoms with Gasteiger partial charge in [-0.25, -0.2) is 4.39 Å². The molecule has 1 fully saturated rings. The molecule has 0 aliphatic carbocycles. The Hall–Kier alpha value is -2.40. The smallest absolute Gasteiger partial charge is 0.257 e. The lowest BCUT2D eigenvalue weighted by Gasteiger charge is -2.34. The second kappa shape index (κ2) is 7.46.